The summed E-state index contributed by atoms with van der Waals surface area (Å²) < 4.78 is 10.4. The van der Waals surface area contributed by atoms with Gasteiger partial charge < -0.3 is 25.0 Å². The van der Waals surface area contributed by atoms with Gasteiger partial charge in [0.1, 0.15) is 6.10 Å². The summed E-state index contributed by atoms with van der Waals surface area (Å²) in [6, 6.07) is 0. The standard InChI is InChI=1S/C27H47NO6/c1-15(8-9-23(31)33-7)16(2)27(5)17(3)24-20(14-22(27)30)26(4)11-10-19(34-25(32)28-6)12-18(26)13-21(24)29/h15-22,24,29-30H,8-14H2,1-7H3,(H,28,32)/t15-,16-,17?,18+,19-,20+,21-,22+,24+,26+,27-/m1/s1. The molecule has 0 spiro atoms. The summed E-state index contributed by atoms with van der Waals surface area (Å²) in [6.07, 6.45) is 3.64. The van der Waals surface area contributed by atoms with E-state index >= 15 is 0 Å². The summed E-state index contributed by atoms with van der Waals surface area (Å²) >= 11 is 0. The van der Waals surface area contributed by atoms with E-state index in [4.69, 9.17) is 9.47 Å². The molecule has 3 fully saturated rings. The highest BCUT2D eigenvalue weighted by Crippen LogP contribution is 2.64. The first-order valence-corrected chi connectivity index (χ1v) is 13.2. The molecule has 0 saturated heterocycles. The molecular weight excluding hydrogens is 434 g/mol. The second kappa shape index (κ2) is 10.3. The van der Waals surface area contributed by atoms with Crippen LogP contribution in [0.15, 0.2) is 0 Å². The van der Waals surface area contributed by atoms with Crippen molar-refractivity contribution in [3.05, 3.63) is 0 Å². The van der Waals surface area contributed by atoms with Crippen LogP contribution in [-0.2, 0) is 14.3 Å². The zero-order chi connectivity index (χ0) is 25.4. The number of rotatable bonds is 6. The Balaban J connectivity index is 1.79. The molecule has 0 radical (unpaired) electrons. The van der Waals surface area contributed by atoms with Gasteiger partial charge >= 0.3 is 12.1 Å². The number of aliphatic hydroxyl groups excluding tert-OH is 2. The van der Waals surface area contributed by atoms with Gasteiger partial charge in [-0.05, 0) is 84.9 Å². The van der Waals surface area contributed by atoms with Crippen LogP contribution >= 0.6 is 0 Å². The highest BCUT2D eigenvalue weighted by atomic mass is 16.6. The molecule has 3 aliphatic carbocycles. The normalized spacial score (nSPS) is 43.6. The van der Waals surface area contributed by atoms with Crippen LogP contribution in [0.3, 0.4) is 0 Å². The predicted molar refractivity (Wildman–Crippen MR) is 130 cm³/mol. The number of esters is 1. The molecule has 0 aliphatic heterocycles. The highest BCUT2D eigenvalue weighted by molar-refractivity contribution is 5.69. The van der Waals surface area contributed by atoms with Crippen LogP contribution in [0.4, 0.5) is 4.79 Å². The zero-order valence-electron chi connectivity index (χ0n) is 22.2. The molecule has 3 saturated carbocycles. The van der Waals surface area contributed by atoms with Gasteiger partial charge in [0.15, 0.2) is 0 Å². The Kier molecular flexibility index (Phi) is 8.28. The number of ether oxygens (including phenoxy) is 2. The van der Waals surface area contributed by atoms with Crippen LogP contribution < -0.4 is 5.32 Å². The summed E-state index contributed by atoms with van der Waals surface area (Å²) in [7, 11) is 2.99. The molecule has 3 rings (SSSR count). The SMILES string of the molecule is CNC(=O)O[C@@H]1CC[C@@]2(C)[C@@H](C1)C[C@@H](O)[C@H]1C(C)[C@@](C)([C@H](C)[C@H](C)CCC(=O)OC)[C@@H](O)C[C@@H]12. The molecule has 1 unspecified atom stereocenters. The molecule has 11 atom stereocenters. The Morgan fingerprint density at radius 3 is 2.44 bits per heavy atom. The van der Waals surface area contributed by atoms with Crippen molar-refractivity contribution in [3.8, 4) is 0 Å². The number of carbonyl (C=O) groups excluding carboxylic acids is 2. The third-order valence-electron chi connectivity index (χ3n) is 10.9. The Labute approximate surface area is 205 Å². The van der Waals surface area contributed by atoms with Gasteiger partial charge in [0.2, 0.25) is 0 Å². The zero-order valence-corrected chi connectivity index (χ0v) is 22.2. The van der Waals surface area contributed by atoms with Crippen LogP contribution in [0, 0.1) is 46.3 Å². The Morgan fingerprint density at radius 1 is 1.15 bits per heavy atom. The van der Waals surface area contributed by atoms with E-state index in [2.05, 4.69) is 39.9 Å². The van der Waals surface area contributed by atoms with E-state index in [9.17, 15) is 19.8 Å². The second-order valence-electron chi connectivity index (χ2n) is 12.0. The Hall–Kier alpha value is -1.34. The molecule has 7 nitrogen and oxygen atoms in total. The first-order chi connectivity index (χ1) is 15.9. The maximum Gasteiger partial charge on any atom is 0.407 e. The molecule has 1 amide bonds. The average Bonchev–Trinajstić information content (AvgIpc) is 2.81. The fourth-order valence-corrected chi connectivity index (χ4v) is 8.06. The van der Waals surface area contributed by atoms with E-state index in [-0.39, 0.29) is 58.4 Å². The number of fused-ring (bicyclic) bond motifs is 3. The molecule has 0 aromatic rings. The molecule has 3 N–H and O–H groups in total. The molecule has 0 aromatic heterocycles. The van der Waals surface area contributed by atoms with Gasteiger partial charge in [-0.2, -0.15) is 0 Å². The number of nitrogens with one attached hydrogen (secondary N) is 1. The summed E-state index contributed by atoms with van der Waals surface area (Å²) in [6.45, 7) is 11.1. The van der Waals surface area contributed by atoms with E-state index < -0.39 is 18.3 Å². The third-order valence-corrected chi connectivity index (χ3v) is 10.9. The van der Waals surface area contributed by atoms with Gasteiger partial charge in [0.05, 0.1) is 19.3 Å². The summed E-state index contributed by atoms with van der Waals surface area (Å²) in [5.74, 6) is 1.02. The summed E-state index contributed by atoms with van der Waals surface area (Å²) in [5.41, 5.74) is -0.330. The predicted octanol–water partition coefficient (Wildman–Crippen LogP) is 4.15. The van der Waals surface area contributed by atoms with Gasteiger partial charge in [-0.15, -0.1) is 0 Å². The summed E-state index contributed by atoms with van der Waals surface area (Å²) in [4.78, 5) is 23.4. The molecule has 34 heavy (non-hydrogen) atoms. The topological polar surface area (TPSA) is 105 Å². The van der Waals surface area contributed by atoms with Crippen molar-refractivity contribution < 1.29 is 29.3 Å². The lowest BCUT2D eigenvalue weighted by Crippen LogP contribution is -2.63. The minimum Gasteiger partial charge on any atom is -0.469 e. The molecular formula is C27H47NO6. The number of methoxy groups -OCH3 is 1. The van der Waals surface area contributed by atoms with E-state index in [1.807, 2.05) is 0 Å². The van der Waals surface area contributed by atoms with Gasteiger partial charge in [-0.25, -0.2) is 4.79 Å². The van der Waals surface area contributed by atoms with E-state index in [1.165, 1.54) is 7.11 Å². The minimum absolute atomic E-state index is 0.0166. The number of amides is 1. The quantitative estimate of drug-likeness (QED) is 0.492. The fourth-order valence-electron chi connectivity index (χ4n) is 8.06. The molecule has 0 aromatic carbocycles. The van der Waals surface area contributed by atoms with Crippen LogP contribution in [0.5, 0.6) is 0 Å². The van der Waals surface area contributed by atoms with E-state index in [0.29, 0.717) is 19.3 Å². The lowest BCUT2D eigenvalue weighted by Gasteiger charge is -2.64. The van der Waals surface area contributed by atoms with Crippen LogP contribution in [0.1, 0.15) is 79.6 Å². The summed E-state index contributed by atoms with van der Waals surface area (Å²) in [5, 5.41) is 25.6. The number of hydrogen-bond donors (Lipinski definition) is 3. The lowest BCUT2D eigenvalue weighted by atomic mass is 9.42. The molecule has 196 valence electrons. The second-order valence-corrected chi connectivity index (χ2v) is 12.0. The first-order valence-electron chi connectivity index (χ1n) is 13.2. The van der Waals surface area contributed by atoms with Crippen molar-refractivity contribution in [2.75, 3.05) is 14.2 Å². The fraction of sp³-hybridized carbons (Fsp3) is 0.926. The van der Waals surface area contributed by atoms with Crippen molar-refractivity contribution in [1.82, 2.24) is 5.32 Å². The largest absolute Gasteiger partial charge is 0.469 e. The minimum atomic E-state index is -0.470. The highest BCUT2D eigenvalue weighted by Gasteiger charge is 2.62. The number of aliphatic hydroxyl groups is 2. The lowest BCUT2D eigenvalue weighted by molar-refractivity contribution is -0.215. The number of hydrogen-bond acceptors (Lipinski definition) is 6. The average molecular weight is 482 g/mol. The van der Waals surface area contributed by atoms with Crippen LogP contribution in [0.25, 0.3) is 0 Å². The molecule has 7 heteroatoms. The van der Waals surface area contributed by atoms with Gasteiger partial charge in [0, 0.05) is 13.5 Å². The van der Waals surface area contributed by atoms with E-state index in [0.717, 1.165) is 25.7 Å². The van der Waals surface area contributed by atoms with E-state index in [1.54, 1.807) is 7.05 Å². The van der Waals surface area contributed by atoms with Crippen molar-refractivity contribution in [1.29, 1.82) is 0 Å². The van der Waals surface area contributed by atoms with Crippen molar-refractivity contribution in [3.63, 3.8) is 0 Å². The maximum atomic E-state index is 11.7. The Morgan fingerprint density at radius 2 is 1.82 bits per heavy atom. The van der Waals surface area contributed by atoms with Crippen LogP contribution in [-0.4, -0.2) is 54.7 Å². The molecule has 0 bridgehead atoms. The Bertz CT molecular complexity index is 745. The van der Waals surface area contributed by atoms with Crippen molar-refractivity contribution >= 4 is 12.1 Å². The van der Waals surface area contributed by atoms with Crippen molar-refractivity contribution in [2.45, 2.75) is 97.9 Å². The van der Waals surface area contributed by atoms with Crippen molar-refractivity contribution in [2.24, 2.45) is 46.3 Å². The van der Waals surface area contributed by atoms with Gasteiger partial charge in [-0.1, -0.05) is 34.6 Å². The molecule has 3 aliphatic rings. The monoisotopic (exact) mass is 481 g/mol. The smallest absolute Gasteiger partial charge is 0.407 e. The first kappa shape index (κ1) is 27.3. The third kappa shape index (κ3) is 4.71. The van der Waals surface area contributed by atoms with Gasteiger partial charge in [-0.3, -0.25) is 4.79 Å². The van der Waals surface area contributed by atoms with Crippen LogP contribution in [0.2, 0.25) is 0 Å². The maximum absolute atomic E-state index is 11.7. The van der Waals surface area contributed by atoms with Gasteiger partial charge in [0.25, 0.3) is 0 Å². The number of alkyl carbamates (subject to hydrolysis) is 1. The number of carbonyl (C=O) groups is 2. The molecule has 0 heterocycles.